The minimum Gasteiger partial charge on any atom is -0.306 e. The Morgan fingerprint density at radius 3 is 2.74 bits per heavy atom. The SMILES string of the molecule is O=C(Nc1c2c(nn1-c1ccccc1)CCC2)c1cccnc1. The summed E-state index contributed by atoms with van der Waals surface area (Å²) in [6.45, 7) is 0. The van der Waals surface area contributed by atoms with Crippen LogP contribution in [0.1, 0.15) is 28.0 Å². The van der Waals surface area contributed by atoms with Gasteiger partial charge in [0, 0.05) is 18.0 Å². The van der Waals surface area contributed by atoms with E-state index in [1.54, 1.807) is 24.5 Å². The van der Waals surface area contributed by atoms with E-state index in [2.05, 4.69) is 10.3 Å². The number of amides is 1. The van der Waals surface area contributed by atoms with Gasteiger partial charge in [0.05, 0.1) is 16.9 Å². The standard InChI is InChI=1S/C18H16N4O/c23-18(13-6-5-11-19-12-13)20-17-15-9-4-10-16(15)21-22(17)14-7-2-1-3-8-14/h1-3,5-8,11-12H,4,9-10H2,(H,20,23). The van der Waals surface area contributed by atoms with Crippen LogP contribution < -0.4 is 5.32 Å². The molecule has 0 radical (unpaired) electrons. The van der Waals surface area contributed by atoms with Crippen molar-refractivity contribution in [2.75, 3.05) is 5.32 Å². The Morgan fingerprint density at radius 2 is 1.96 bits per heavy atom. The number of nitrogens with zero attached hydrogens (tertiary/aromatic N) is 3. The van der Waals surface area contributed by atoms with Crippen LogP contribution in [0, 0.1) is 0 Å². The maximum Gasteiger partial charge on any atom is 0.258 e. The lowest BCUT2D eigenvalue weighted by molar-refractivity contribution is 0.102. The largest absolute Gasteiger partial charge is 0.306 e. The third-order valence-electron chi connectivity index (χ3n) is 4.06. The molecule has 5 heteroatoms. The van der Waals surface area contributed by atoms with E-state index in [1.165, 1.54) is 0 Å². The Kier molecular flexibility index (Phi) is 3.38. The van der Waals surface area contributed by atoms with Crippen LogP contribution in [0.15, 0.2) is 54.9 Å². The number of aryl methyl sites for hydroxylation is 1. The van der Waals surface area contributed by atoms with Gasteiger partial charge in [-0.1, -0.05) is 18.2 Å². The predicted molar refractivity (Wildman–Crippen MR) is 87.8 cm³/mol. The zero-order chi connectivity index (χ0) is 15.6. The number of benzene rings is 1. The molecule has 0 fully saturated rings. The number of para-hydroxylation sites is 1. The third-order valence-corrected chi connectivity index (χ3v) is 4.06. The van der Waals surface area contributed by atoms with Crippen LogP contribution in [0.3, 0.4) is 0 Å². The smallest absolute Gasteiger partial charge is 0.258 e. The number of rotatable bonds is 3. The number of fused-ring (bicyclic) bond motifs is 1. The molecule has 1 aliphatic rings. The molecule has 0 atom stereocenters. The number of anilines is 1. The van der Waals surface area contributed by atoms with E-state index in [0.717, 1.165) is 42.0 Å². The Hall–Kier alpha value is -2.95. The molecule has 23 heavy (non-hydrogen) atoms. The van der Waals surface area contributed by atoms with Crippen molar-refractivity contribution in [2.24, 2.45) is 0 Å². The molecule has 5 nitrogen and oxygen atoms in total. The van der Waals surface area contributed by atoms with E-state index in [1.807, 2.05) is 35.0 Å². The fourth-order valence-corrected chi connectivity index (χ4v) is 2.95. The van der Waals surface area contributed by atoms with Gasteiger partial charge in [-0.15, -0.1) is 0 Å². The van der Waals surface area contributed by atoms with Crippen LogP contribution in [0.4, 0.5) is 5.82 Å². The van der Waals surface area contributed by atoms with E-state index >= 15 is 0 Å². The zero-order valence-corrected chi connectivity index (χ0v) is 12.6. The molecule has 1 amide bonds. The Morgan fingerprint density at radius 1 is 1.09 bits per heavy atom. The van der Waals surface area contributed by atoms with Crippen molar-refractivity contribution in [1.29, 1.82) is 0 Å². The van der Waals surface area contributed by atoms with Gasteiger partial charge in [0.1, 0.15) is 5.82 Å². The van der Waals surface area contributed by atoms with Crippen LogP contribution >= 0.6 is 0 Å². The van der Waals surface area contributed by atoms with E-state index in [-0.39, 0.29) is 5.91 Å². The van der Waals surface area contributed by atoms with Gasteiger partial charge in [-0.3, -0.25) is 9.78 Å². The zero-order valence-electron chi connectivity index (χ0n) is 12.6. The lowest BCUT2D eigenvalue weighted by Crippen LogP contribution is -2.16. The van der Waals surface area contributed by atoms with E-state index in [0.29, 0.717) is 5.56 Å². The second-order valence-electron chi connectivity index (χ2n) is 5.57. The van der Waals surface area contributed by atoms with Crippen molar-refractivity contribution in [3.8, 4) is 5.69 Å². The van der Waals surface area contributed by atoms with Crippen molar-refractivity contribution in [3.05, 3.63) is 71.7 Å². The molecule has 3 aromatic rings. The quantitative estimate of drug-likeness (QED) is 0.809. The molecule has 1 aliphatic carbocycles. The summed E-state index contributed by atoms with van der Waals surface area (Å²) in [5, 5.41) is 7.72. The summed E-state index contributed by atoms with van der Waals surface area (Å²) in [6, 6.07) is 13.4. The molecule has 2 heterocycles. The van der Waals surface area contributed by atoms with E-state index in [4.69, 9.17) is 5.10 Å². The summed E-state index contributed by atoms with van der Waals surface area (Å²) in [6.07, 6.45) is 6.22. The summed E-state index contributed by atoms with van der Waals surface area (Å²) in [4.78, 5) is 16.5. The number of hydrogen-bond acceptors (Lipinski definition) is 3. The van der Waals surface area contributed by atoms with Crippen molar-refractivity contribution < 1.29 is 4.79 Å². The minimum absolute atomic E-state index is 0.162. The van der Waals surface area contributed by atoms with E-state index in [9.17, 15) is 4.79 Å². The van der Waals surface area contributed by atoms with Crippen LogP contribution in [-0.4, -0.2) is 20.7 Å². The molecule has 0 spiro atoms. The number of pyridine rings is 1. The highest BCUT2D eigenvalue weighted by atomic mass is 16.1. The van der Waals surface area contributed by atoms with Crippen LogP contribution in [0.2, 0.25) is 0 Å². The maximum absolute atomic E-state index is 12.5. The molecule has 1 aromatic carbocycles. The summed E-state index contributed by atoms with van der Waals surface area (Å²) in [5.74, 6) is 0.613. The minimum atomic E-state index is -0.162. The second kappa shape index (κ2) is 5.68. The van der Waals surface area contributed by atoms with Crippen molar-refractivity contribution in [2.45, 2.75) is 19.3 Å². The van der Waals surface area contributed by atoms with Gasteiger partial charge in [0.15, 0.2) is 0 Å². The number of hydrogen-bond donors (Lipinski definition) is 1. The molecule has 0 saturated heterocycles. The van der Waals surface area contributed by atoms with Gasteiger partial charge < -0.3 is 5.32 Å². The fraction of sp³-hybridized carbons (Fsp3) is 0.167. The average Bonchev–Trinajstić information content (AvgIpc) is 3.19. The highest BCUT2D eigenvalue weighted by molar-refractivity contribution is 6.04. The lowest BCUT2D eigenvalue weighted by atomic mass is 10.2. The Labute approximate surface area is 134 Å². The molecule has 0 saturated carbocycles. The molecular weight excluding hydrogens is 288 g/mol. The predicted octanol–water partition coefficient (Wildman–Crippen LogP) is 3.01. The summed E-state index contributed by atoms with van der Waals surface area (Å²) in [7, 11) is 0. The van der Waals surface area contributed by atoms with Crippen LogP contribution in [0.5, 0.6) is 0 Å². The highest BCUT2D eigenvalue weighted by Crippen LogP contribution is 2.31. The van der Waals surface area contributed by atoms with Crippen LogP contribution in [0.25, 0.3) is 5.69 Å². The molecule has 0 aliphatic heterocycles. The third kappa shape index (κ3) is 2.50. The first kappa shape index (κ1) is 13.7. The van der Waals surface area contributed by atoms with Gasteiger partial charge in [-0.05, 0) is 43.5 Å². The monoisotopic (exact) mass is 304 g/mol. The van der Waals surface area contributed by atoms with Gasteiger partial charge in [0.25, 0.3) is 5.91 Å². The van der Waals surface area contributed by atoms with Gasteiger partial charge >= 0.3 is 0 Å². The van der Waals surface area contributed by atoms with Crippen LogP contribution in [-0.2, 0) is 12.8 Å². The van der Waals surface area contributed by atoms with Gasteiger partial charge in [-0.2, -0.15) is 5.10 Å². The van der Waals surface area contributed by atoms with Crippen molar-refractivity contribution >= 4 is 11.7 Å². The Balaban J connectivity index is 1.74. The first-order chi connectivity index (χ1) is 11.3. The number of nitrogens with one attached hydrogen (secondary N) is 1. The first-order valence-corrected chi connectivity index (χ1v) is 7.70. The van der Waals surface area contributed by atoms with Gasteiger partial charge in [-0.25, -0.2) is 4.68 Å². The number of carbonyl (C=O) groups excluding carboxylic acids is 1. The maximum atomic E-state index is 12.5. The molecule has 4 rings (SSSR count). The number of carbonyl (C=O) groups is 1. The molecule has 114 valence electrons. The summed E-state index contributed by atoms with van der Waals surface area (Å²) >= 11 is 0. The average molecular weight is 304 g/mol. The summed E-state index contributed by atoms with van der Waals surface area (Å²) in [5.41, 5.74) is 3.71. The normalized spacial score (nSPS) is 12.9. The van der Waals surface area contributed by atoms with Gasteiger partial charge in [0.2, 0.25) is 0 Å². The molecule has 0 unspecified atom stereocenters. The highest BCUT2D eigenvalue weighted by Gasteiger charge is 2.24. The molecule has 2 aromatic heterocycles. The fourth-order valence-electron chi connectivity index (χ4n) is 2.95. The van der Waals surface area contributed by atoms with E-state index < -0.39 is 0 Å². The summed E-state index contributed by atoms with van der Waals surface area (Å²) < 4.78 is 1.83. The topological polar surface area (TPSA) is 59.8 Å². The Bertz CT molecular complexity index is 840. The lowest BCUT2D eigenvalue weighted by Gasteiger charge is -2.11. The number of aromatic nitrogens is 3. The second-order valence-corrected chi connectivity index (χ2v) is 5.57. The molecule has 0 bridgehead atoms. The van der Waals surface area contributed by atoms with Crippen molar-refractivity contribution in [1.82, 2.24) is 14.8 Å². The van der Waals surface area contributed by atoms with Crippen molar-refractivity contribution in [3.63, 3.8) is 0 Å². The first-order valence-electron chi connectivity index (χ1n) is 7.70. The molecule has 1 N–H and O–H groups in total. The molecular formula is C18H16N4O.